The molecule has 0 atom stereocenters. The van der Waals surface area contributed by atoms with Crippen LogP contribution in [0.5, 0.6) is 0 Å². The summed E-state index contributed by atoms with van der Waals surface area (Å²) in [5.74, 6) is 0.536. The van der Waals surface area contributed by atoms with Crippen LogP contribution in [0, 0.1) is 6.92 Å². The van der Waals surface area contributed by atoms with Crippen molar-refractivity contribution in [3.63, 3.8) is 0 Å². The minimum atomic E-state index is -0.134. The van der Waals surface area contributed by atoms with Crippen molar-refractivity contribution >= 4 is 40.2 Å². The molecule has 2 aromatic heterocycles. The zero-order valence-corrected chi connectivity index (χ0v) is 18.2. The number of rotatable bonds is 6. The third kappa shape index (κ3) is 4.19. The van der Waals surface area contributed by atoms with Crippen molar-refractivity contribution in [3.05, 3.63) is 85.9 Å². The maximum absolute atomic E-state index is 12.7. The molecular formula is C24H24N4OS. The number of fused-ring (bicyclic) bond motifs is 1. The van der Waals surface area contributed by atoms with Crippen LogP contribution >= 0.6 is 11.3 Å². The van der Waals surface area contributed by atoms with E-state index in [9.17, 15) is 4.79 Å². The summed E-state index contributed by atoms with van der Waals surface area (Å²) in [6.07, 6.45) is 5.68. The van der Waals surface area contributed by atoms with Gasteiger partial charge in [-0.25, -0.2) is 0 Å². The fourth-order valence-electron chi connectivity index (χ4n) is 3.29. The molecule has 4 aromatic rings. The molecule has 0 N–H and O–H groups in total. The van der Waals surface area contributed by atoms with E-state index in [1.165, 1.54) is 27.1 Å². The Hall–Kier alpha value is -3.25. The first-order valence-corrected chi connectivity index (χ1v) is 10.9. The van der Waals surface area contributed by atoms with E-state index in [1.807, 2.05) is 42.5 Å². The Bertz CT molecular complexity index is 1280. The molecule has 5 nitrogen and oxygen atoms in total. The molecule has 0 radical (unpaired) electrons. The number of anilines is 1. The molecule has 0 spiro atoms. The average molecular weight is 417 g/mol. The Labute approximate surface area is 179 Å². The van der Waals surface area contributed by atoms with E-state index >= 15 is 0 Å². The topological polar surface area (TPSA) is 50.5 Å². The molecule has 4 rings (SSSR count). The molecule has 152 valence electrons. The van der Waals surface area contributed by atoms with Gasteiger partial charge in [0.1, 0.15) is 0 Å². The van der Waals surface area contributed by atoms with Gasteiger partial charge in [0.25, 0.3) is 5.56 Å². The summed E-state index contributed by atoms with van der Waals surface area (Å²) in [7, 11) is 0. The maximum Gasteiger partial charge on any atom is 0.291 e. The van der Waals surface area contributed by atoms with E-state index in [1.54, 1.807) is 0 Å². The minimum absolute atomic E-state index is 0.134. The summed E-state index contributed by atoms with van der Waals surface area (Å²) in [6, 6.07) is 16.5. The second-order valence-electron chi connectivity index (χ2n) is 7.09. The van der Waals surface area contributed by atoms with E-state index < -0.39 is 0 Å². The van der Waals surface area contributed by atoms with Crippen molar-refractivity contribution in [1.82, 2.24) is 14.6 Å². The van der Waals surface area contributed by atoms with Gasteiger partial charge in [-0.3, -0.25) is 4.79 Å². The van der Waals surface area contributed by atoms with Crippen LogP contribution in [0.2, 0.25) is 0 Å². The van der Waals surface area contributed by atoms with Crippen LogP contribution in [0.25, 0.3) is 23.2 Å². The average Bonchev–Trinajstić information content (AvgIpc) is 3.28. The SMILES string of the molecule is CCN(CC)c1ccc(C=c2sc3nc(C=Cc4ccc(C)cc4)nn3c2=O)cc1. The minimum Gasteiger partial charge on any atom is -0.372 e. The number of thiazole rings is 1. The smallest absolute Gasteiger partial charge is 0.291 e. The number of benzene rings is 2. The highest BCUT2D eigenvalue weighted by atomic mass is 32.1. The Morgan fingerprint density at radius 1 is 0.967 bits per heavy atom. The molecule has 0 bridgehead atoms. The summed E-state index contributed by atoms with van der Waals surface area (Å²) in [6.45, 7) is 8.29. The van der Waals surface area contributed by atoms with E-state index in [-0.39, 0.29) is 5.56 Å². The number of hydrogen-bond acceptors (Lipinski definition) is 5. The van der Waals surface area contributed by atoms with Gasteiger partial charge < -0.3 is 4.90 Å². The number of hydrogen-bond donors (Lipinski definition) is 0. The first-order chi connectivity index (χ1) is 14.6. The Morgan fingerprint density at radius 2 is 1.63 bits per heavy atom. The van der Waals surface area contributed by atoms with Gasteiger partial charge in [-0.15, -0.1) is 5.10 Å². The fraction of sp³-hybridized carbons (Fsp3) is 0.208. The molecule has 0 saturated carbocycles. The standard InChI is InChI=1S/C24H24N4OS/c1-4-27(5-2)20-13-10-19(11-14-20)16-21-23(29)28-24(30-21)25-22(26-28)15-12-18-8-6-17(3)7-9-18/h6-16H,4-5H2,1-3H3. The van der Waals surface area contributed by atoms with Gasteiger partial charge in [0.2, 0.25) is 4.96 Å². The molecule has 0 unspecified atom stereocenters. The van der Waals surface area contributed by atoms with Crippen molar-refractivity contribution < 1.29 is 0 Å². The Kier molecular flexibility index (Phi) is 5.77. The van der Waals surface area contributed by atoms with Crippen molar-refractivity contribution in [2.75, 3.05) is 18.0 Å². The van der Waals surface area contributed by atoms with E-state index in [0.717, 1.165) is 24.2 Å². The number of aryl methyl sites for hydroxylation is 1. The molecule has 6 heteroatoms. The molecule has 0 aliphatic rings. The second kappa shape index (κ2) is 8.63. The van der Waals surface area contributed by atoms with Crippen LogP contribution in [-0.2, 0) is 0 Å². The number of aromatic nitrogens is 3. The highest BCUT2D eigenvalue weighted by molar-refractivity contribution is 7.15. The monoisotopic (exact) mass is 416 g/mol. The van der Waals surface area contributed by atoms with Crippen LogP contribution in [0.4, 0.5) is 5.69 Å². The van der Waals surface area contributed by atoms with Crippen molar-refractivity contribution in [3.8, 4) is 0 Å². The largest absolute Gasteiger partial charge is 0.372 e. The molecule has 0 aliphatic carbocycles. The van der Waals surface area contributed by atoms with Gasteiger partial charge in [0, 0.05) is 18.8 Å². The van der Waals surface area contributed by atoms with Crippen LogP contribution < -0.4 is 15.0 Å². The number of nitrogens with zero attached hydrogens (tertiary/aromatic N) is 4. The maximum atomic E-state index is 12.7. The van der Waals surface area contributed by atoms with Crippen LogP contribution in [0.3, 0.4) is 0 Å². The zero-order chi connectivity index (χ0) is 21.1. The highest BCUT2D eigenvalue weighted by Gasteiger charge is 2.09. The predicted molar refractivity (Wildman–Crippen MR) is 126 cm³/mol. The lowest BCUT2D eigenvalue weighted by Crippen LogP contribution is -2.23. The van der Waals surface area contributed by atoms with Crippen LogP contribution in [0.15, 0.2) is 53.3 Å². The van der Waals surface area contributed by atoms with Crippen LogP contribution in [-0.4, -0.2) is 27.7 Å². The highest BCUT2D eigenvalue weighted by Crippen LogP contribution is 2.15. The van der Waals surface area contributed by atoms with Gasteiger partial charge >= 0.3 is 0 Å². The molecular weight excluding hydrogens is 392 g/mol. The normalized spacial score (nSPS) is 12.3. The van der Waals surface area contributed by atoms with E-state index in [0.29, 0.717) is 15.3 Å². The van der Waals surface area contributed by atoms with Crippen molar-refractivity contribution in [2.45, 2.75) is 20.8 Å². The molecule has 0 amide bonds. The van der Waals surface area contributed by atoms with Gasteiger partial charge in [0.15, 0.2) is 5.82 Å². The summed E-state index contributed by atoms with van der Waals surface area (Å²) < 4.78 is 2.02. The lowest BCUT2D eigenvalue weighted by atomic mass is 10.1. The molecule has 0 aliphatic heterocycles. The van der Waals surface area contributed by atoms with Gasteiger partial charge in [-0.2, -0.15) is 9.50 Å². The van der Waals surface area contributed by atoms with Gasteiger partial charge in [0.05, 0.1) is 4.53 Å². The second-order valence-corrected chi connectivity index (χ2v) is 8.10. The summed E-state index contributed by atoms with van der Waals surface area (Å²) in [4.78, 5) is 20.1. The first-order valence-electron chi connectivity index (χ1n) is 10.1. The molecule has 0 fully saturated rings. The summed E-state index contributed by atoms with van der Waals surface area (Å²) in [5, 5.41) is 4.36. The lowest BCUT2D eigenvalue weighted by molar-refractivity contribution is 0.866. The summed E-state index contributed by atoms with van der Waals surface area (Å²) in [5.41, 5.74) is 4.34. The van der Waals surface area contributed by atoms with E-state index in [4.69, 9.17) is 0 Å². The molecule has 30 heavy (non-hydrogen) atoms. The molecule has 0 saturated heterocycles. The van der Waals surface area contributed by atoms with Gasteiger partial charge in [-0.1, -0.05) is 59.4 Å². The van der Waals surface area contributed by atoms with Crippen molar-refractivity contribution in [1.29, 1.82) is 0 Å². The van der Waals surface area contributed by atoms with Gasteiger partial charge in [-0.05, 0) is 56.2 Å². The Balaban J connectivity index is 1.59. The molecule has 2 aromatic carbocycles. The van der Waals surface area contributed by atoms with Crippen molar-refractivity contribution in [2.24, 2.45) is 0 Å². The van der Waals surface area contributed by atoms with Crippen LogP contribution in [0.1, 0.15) is 36.4 Å². The third-order valence-electron chi connectivity index (χ3n) is 5.02. The first kappa shape index (κ1) is 20.0. The summed E-state index contributed by atoms with van der Waals surface area (Å²) >= 11 is 1.36. The Morgan fingerprint density at radius 3 is 2.27 bits per heavy atom. The van der Waals surface area contributed by atoms with E-state index in [2.05, 4.69) is 60.0 Å². The quantitative estimate of drug-likeness (QED) is 0.476. The third-order valence-corrected chi connectivity index (χ3v) is 5.98. The fourth-order valence-corrected chi connectivity index (χ4v) is 4.20. The predicted octanol–water partition coefficient (Wildman–Crippen LogP) is 4.02. The molecule has 2 heterocycles. The lowest BCUT2D eigenvalue weighted by Gasteiger charge is -2.20. The zero-order valence-electron chi connectivity index (χ0n) is 17.4.